The molecule has 1 aromatic carbocycles. The zero-order valence-corrected chi connectivity index (χ0v) is 10.9. The van der Waals surface area contributed by atoms with Crippen LogP contribution in [0, 0.1) is 5.82 Å². The third-order valence-corrected chi connectivity index (χ3v) is 2.60. The smallest absolute Gasteiger partial charge is 0.322 e. The van der Waals surface area contributed by atoms with Crippen LogP contribution in [-0.4, -0.2) is 34.3 Å². The van der Waals surface area contributed by atoms with E-state index in [9.17, 15) is 9.50 Å². The molecule has 3 N–H and O–H groups in total. The van der Waals surface area contributed by atoms with Gasteiger partial charge in [0.2, 0.25) is 0 Å². The Morgan fingerprint density at radius 3 is 2.30 bits per heavy atom. The summed E-state index contributed by atoms with van der Waals surface area (Å²) in [6.45, 7) is 0. The van der Waals surface area contributed by atoms with E-state index in [1.54, 1.807) is 0 Å². The van der Waals surface area contributed by atoms with Crippen LogP contribution in [0.1, 0.15) is 17.5 Å². The van der Waals surface area contributed by atoms with Gasteiger partial charge in [0.1, 0.15) is 11.9 Å². The molecule has 2 aromatic rings. The molecule has 106 valence electrons. The number of ether oxygens (including phenoxy) is 2. The molecular formula is C12H13FN4O3. The first-order valence-electron chi connectivity index (χ1n) is 5.62. The number of halogens is 1. The van der Waals surface area contributed by atoms with Crippen LogP contribution < -0.4 is 15.2 Å². The van der Waals surface area contributed by atoms with Gasteiger partial charge in [-0.1, -0.05) is 12.1 Å². The number of para-hydroxylation sites is 1. The minimum absolute atomic E-state index is 0.0270. The summed E-state index contributed by atoms with van der Waals surface area (Å²) < 4.78 is 23.2. The van der Waals surface area contributed by atoms with Crippen LogP contribution in [0.5, 0.6) is 12.0 Å². The Morgan fingerprint density at radius 1 is 1.15 bits per heavy atom. The van der Waals surface area contributed by atoms with E-state index in [1.807, 2.05) is 0 Å². The van der Waals surface area contributed by atoms with Gasteiger partial charge in [-0.2, -0.15) is 9.97 Å². The summed E-state index contributed by atoms with van der Waals surface area (Å²) in [6, 6.07) is 4.05. The Labute approximate surface area is 114 Å². The van der Waals surface area contributed by atoms with Crippen molar-refractivity contribution in [2.45, 2.75) is 6.10 Å². The lowest BCUT2D eigenvalue weighted by Crippen LogP contribution is -2.11. The van der Waals surface area contributed by atoms with E-state index in [2.05, 4.69) is 15.0 Å². The SMILES string of the molecule is COc1nc(OC)nc(C(O)c2cccc(F)c2N)n1. The second kappa shape index (κ2) is 5.66. The fourth-order valence-corrected chi connectivity index (χ4v) is 1.59. The standard InChI is InChI=1S/C12H13FN4O3/c1-19-11-15-10(16-12(17-11)20-2)9(18)6-4-3-5-7(13)8(6)14/h3-5,9,18H,14H2,1-2H3. The highest BCUT2D eigenvalue weighted by molar-refractivity contribution is 5.50. The lowest BCUT2D eigenvalue weighted by Gasteiger charge is -2.13. The number of nitrogen functional groups attached to an aromatic ring is 1. The van der Waals surface area contributed by atoms with Gasteiger partial charge < -0.3 is 20.3 Å². The third kappa shape index (κ3) is 2.59. The molecule has 8 heteroatoms. The van der Waals surface area contributed by atoms with Crippen LogP contribution in [0.4, 0.5) is 10.1 Å². The summed E-state index contributed by atoms with van der Waals surface area (Å²) in [5, 5.41) is 10.2. The van der Waals surface area contributed by atoms with Crippen molar-refractivity contribution in [2.75, 3.05) is 20.0 Å². The molecule has 0 aliphatic rings. The molecule has 0 aliphatic heterocycles. The number of hydrogen-bond acceptors (Lipinski definition) is 7. The highest BCUT2D eigenvalue weighted by Crippen LogP contribution is 2.27. The van der Waals surface area contributed by atoms with Crippen molar-refractivity contribution >= 4 is 5.69 Å². The number of methoxy groups -OCH3 is 2. The van der Waals surface area contributed by atoms with Crippen molar-refractivity contribution in [3.8, 4) is 12.0 Å². The maximum absolute atomic E-state index is 13.4. The fraction of sp³-hybridized carbons (Fsp3) is 0.250. The lowest BCUT2D eigenvalue weighted by atomic mass is 10.1. The molecule has 1 heterocycles. The van der Waals surface area contributed by atoms with Crippen molar-refractivity contribution in [3.05, 3.63) is 35.4 Å². The van der Waals surface area contributed by atoms with Gasteiger partial charge in [0, 0.05) is 5.56 Å². The van der Waals surface area contributed by atoms with Gasteiger partial charge in [0.15, 0.2) is 5.82 Å². The summed E-state index contributed by atoms with van der Waals surface area (Å²) in [5.41, 5.74) is 5.58. The second-order valence-corrected chi connectivity index (χ2v) is 3.81. The first-order valence-corrected chi connectivity index (χ1v) is 5.62. The molecule has 0 fully saturated rings. The van der Waals surface area contributed by atoms with E-state index in [0.29, 0.717) is 0 Å². The number of aromatic nitrogens is 3. The maximum Gasteiger partial charge on any atom is 0.322 e. The van der Waals surface area contributed by atoms with Crippen LogP contribution in [0.15, 0.2) is 18.2 Å². The molecule has 0 spiro atoms. The Kier molecular flexibility index (Phi) is 3.94. The molecule has 1 unspecified atom stereocenters. The van der Waals surface area contributed by atoms with Crippen LogP contribution >= 0.6 is 0 Å². The summed E-state index contributed by atoms with van der Waals surface area (Å²) in [5.74, 6) is -0.680. The Morgan fingerprint density at radius 2 is 1.75 bits per heavy atom. The number of anilines is 1. The normalized spacial score (nSPS) is 12.0. The van der Waals surface area contributed by atoms with Gasteiger partial charge in [-0.25, -0.2) is 4.39 Å². The number of rotatable bonds is 4. The first kappa shape index (κ1) is 13.9. The minimum Gasteiger partial charge on any atom is -0.467 e. The fourth-order valence-electron chi connectivity index (χ4n) is 1.59. The number of nitrogens with two attached hydrogens (primary N) is 1. The molecule has 0 saturated heterocycles. The average molecular weight is 280 g/mol. The molecule has 7 nitrogen and oxygen atoms in total. The van der Waals surface area contributed by atoms with E-state index >= 15 is 0 Å². The number of benzene rings is 1. The summed E-state index contributed by atoms with van der Waals surface area (Å²) in [6.07, 6.45) is -1.32. The molecule has 1 atom stereocenters. The van der Waals surface area contributed by atoms with E-state index in [1.165, 1.54) is 32.4 Å². The van der Waals surface area contributed by atoms with Crippen LogP contribution in [-0.2, 0) is 0 Å². The summed E-state index contributed by atoms with van der Waals surface area (Å²) in [4.78, 5) is 11.6. The largest absolute Gasteiger partial charge is 0.467 e. The van der Waals surface area contributed by atoms with Gasteiger partial charge >= 0.3 is 12.0 Å². The molecule has 0 bridgehead atoms. The van der Waals surface area contributed by atoms with Gasteiger partial charge in [0.05, 0.1) is 19.9 Å². The molecule has 0 radical (unpaired) electrons. The van der Waals surface area contributed by atoms with Crippen molar-refractivity contribution in [1.29, 1.82) is 0 Å². The predicted octanol–water partition coefficient (Wildman–Crippen LogP) is 0.692. The van der Waals surface area contributed by atoms with Gasteiger partial charge in [-0.15, -0.1) is 4.98 Å². The Balaban J connectivity index is 2.47. The first-order chi connectivity index (χ1) is 9.56. The van der Waals surface area contributed by atoms with Gasteiger partial charge in [0.25, 0.3) is 0 Å². The van der Waals surface area contributed by atoms with E-state index < -0.39 is 11.9 Å². The zero-order valence-electron chi connectivity index (χ0n) is 10.9. The zero-order chi connectivity index (χ0) is 14.7. The summed E-state index contributed by atoms with van der Waals surface area (Å²) >= 11 is 0. The van der Waals surface area contributed by atoms with Crippen molar-refractivity contribution in [2.24, 2.45) is 0 Å². The third-order valence-electron chi connectivity index (χ3n) is 2.60. The van der Waals surface area contributed by atoms with Crippen LogP contribution in [0.2, 0.25) is 0 Å². The Bertz CT molecular complexity index is 601. The number of aliphatic hydroxyl groups is 1. The molecule has 0 aliphatic carbocycles. The maximum atomic E-state index is 13.4. The van der Waals surface area contributed by atoms with E-state index in [0.717, 1.165) is 0 Å². The average Bonchev–Trinajstić information content (AvgIpc) is 2.48. The minimum atomic E-state index is -1.32. The van der Waals surface area contributed by atoms with Crippen molar-refractivity contribution in [1.82, 2.24) is 15.0 Å². The monoisotopic (exact) mass is 280 g/mol. The topological polar surface area (TPSA) is 103 Å². The van der Waals surface area contributed by atoms with Gasteiger partial charge in [-0.05, 0) is 6.07 Å². The quantitative estimate of drug-likeness (QED) is 0.794. The molecular weight excluding hydrogens is 267 g/mol. The number of nitrogens with zero attached hydrogens (tertiary/aromatic N) is 3. The van der Waals surface area contributed by atoms with E-state index in [4.69, 9.17) is 15.2 Å². The lowest BCUT2D eigenvalue weighted by molar-refractivity contribution is 0.204. The molecule has 0 amide bonds. The number of hydrogen-bond donors (Lipinski definition) is 2. The van der Waals surface area contributed by atoms with Crippen LogP contribution in [0.25, 0.3) is 0 Å². The Hall–Kier alpha value is -2.48. The highest BCUT2D eigenvalue weighted by atomic mass is 19.1. The summed E-state index contributed by atoms with van der Waals surface area (Å²) in [7, 11) is 2.73. The predicted molar refractivity (Wildman–Crippen MR) is 67.8 cm³/mol. The molecule has 20 heavy (non-hydrogen) atoms. The number of aliphatic hydroxyl groups excluding tert-OH is 1. The van der Waals surface area contributed by atoms with Crippen molar-refractivity contribution in [3.63, 3.8) is 0 Å². The highest BCUT2D eigenvalue weighted by Gasteiger charge is 2.20. The van der Waals surface area contributed by atoms with Crippen molar-refractivity contribution < 1.29 is 19.0 Å². The molecule has 1 aromatic heterocycles. The van der Waals surface area contributed by atoms with Gasteiger partial charge in [-0.3, -0.25) is 0 Å². The van der Waals surface area contributed by atoms with E-state index in [-0.39, 0.29) is 29.1 Å². The van der Waals surface area contributed by atoms with Crippen LogP contribution in [0.3, 0.4) is 0 Å². The second-order valence-electron chi connectivity index (χ2n) is 3.81. The molecule has 0 saturated carbocycles. The molecule has 2 rings (SSSR count).